The highest BCUT2D eigenvalue weighted by Gasteiger charge is 2.15. The molecule has 1 aromatic rings. The normalized spacial score (nSPS) is 16.9. The Hall–Kier alpha value is -1.11. The summed E-state index contributed by atoms with van der Waals surface area (Å²) >= 11 is 0. The van der Waals surface area contributed by atoms with E-state index in [2.05, 4.69) is 6.92 Å². The fourth-order valence-electron chi connectivity index (χ4n) is 2.39. The molecular formula is C14H17F. The van der Waals surface area contributed by atoms with Crippen LogP contribution in [0.3, 0.4) is 0 Å². The average Bonchev–Trinajstić information content (AvgIpc) is 2.30. The van der Waals surface area contributed by atoms with E-state index in [9.17, 15) is 4.39 Å². The predicted octanol–water partition coefficient (Wildman–Crippen LogP) is 4.56. The van der Waals surface area contributed by atoms with Gasteiger partial charge in [-0.2, -0.15) is 0 Å². The van der Waals surface area contributed by atoms with Crippen molar-refractivity contribution in [2.24, 2.45) is 0 Å². The summed E-state index contributed by atoms with van der Waals surface area (Å²) < 4.78 is 13.6. The van der Waals surface area contributed by atoms with E-state index in [0.717, 1.165) is 24.8 Å². The summed E-state index contributed by atoms with van der Waals surface area (Å²) in [5.74, 6) is -0.0691. The molecule has 0 aliphatic heterocycles. The van der Waals surface area contributed by atoms with Crippen LogP contribution in [0.5, 0.6) is 0 Å². The first-order valence-electron chi connectivity index (χ1n) is 5.78. The summed E-state index contributed by atoms with van der Waals surface area (Å²) in [6, 6.07) is 7.15. The Kier molecular flexibility index (Phi) is 3.20. The van der Waals surface area contributed by atoms with E-state index in [0.29, 0.717) is 0 Å². The lowest BCUT2D eigenvalue weighted by molar-refractivity contribution is 0.618. The molecule has 0 heterocycles. The van der Waals surface area contributed by atoms with Crippen LogP contribution in [0.25, 0.3) is 5.57 Å². The highest BCUT2D eigenvalue weighted by atomic mass is 19.1. The molecular weight excluding hydrogens is 187 g/mol. The summed E-state index contributed by atoms with van der Waals surface area (Å²) in [5, 5.41) is 0. The smallest absolute Gasteiger partial charge is 0.130 e. The van der Waals surface area contributed by atoms with Gasteiger partial charge in [0.25, 0.3) is 0 Å². The second-order valence-electron chi connectivity index (χ2n) is 4.12. The zero-order chi connectivity index (χ0) is 10.7. The summed E-state index contributed by atoms with van der Waals surface area (Å²) in [5.41, 5.74) is 3.54. The molecule has 0 nitrogen and oxygen atoms in total. The zero-order valence-corrected chi connectivity index (χ0v) is 9.22. The zero-order valence-electron chi connectivity index (χ0n) is 9.22. The molecule has 1 aliphatic rings. The lowest BCUT2D eigenvalue weighted by Gasteiger charge is -2.20. The van der Waals surface area contributed by atoms with Crippen molar-refractivity contribution in [3.8, 4) is 0 Å². The summed E-state index contributed by atoms with van der Waals surface area (Å²) in [7, 11) is 0. The number of rotatable bonds is 2. The van der Waals surface area contributed by atoms with Gasteiger partial charge in [-0.15, -0.1) is 0 Å². The number of hydrogen-bond donors (Lipinski definition) is 0. The Labute approximate surface area is 90.8 Å². The Morgan fingerprint density at radius 3 is 2.60 bits per heavy atom. The monoisotopic (exact) mass is 204 g/mol. The van der Waals surface area contributed by atoms with Gasteiger partial charge in [0.15, 0.2) is 0 Å². The Balaban J connectivity index is 2.44. The maximum atomic E-state index is 13.6. The van der Waals surface area contributed by atoms with Crippen LogP contribution in [-0.2, 0) is 0 Å². The first-order chi connectivity index (χ1) is 7.33. The number of allylic oxidation sites excluding steroid dienone is 2. The fourth-order valence-corrected chi connectivity index (χ4v) is 2.39. The van der Waals surface area contributed by atoms with Gasteiger partial charge in [0.05, 0.1) is 0 Å². The van der Waals surface area contributed by atoms with Gasteiger partial charge in [-0.1, -0.05) is 30.7 Å². The van der Waals surface area contributed by atoms with Crippen LogP contribution in [0.1, 0.15) is 44.6 Å². The van der Waals surface area contributed by atoms with E-state index < -0.39 is 0 Å². The van der Waals surface area contributed by atoms with Crippen LogP contribution < -0.4 is 0 Å². The first-order valence-corrected chi connectivity index (χ1v) is 5.78. The quantitative estimate of drug-likeness (QED) is 0.662. The second kappa shape index (κ2) is 4.61. The first kappa shape index (κ1) is 10.4. The van der Waals surface area contributed by atoms with E-state index in [1.54, 1.807) is 12.1 Å². The SMILES string of the molecule is CCC1=C(c2ccccc2F)CCCC1. The third-order valence-electron chi connectivity index (χ3n) is 3.21. The van der Waals surface area contributed by atoms with E-state index in [-0.39, 0.29) is 5.82 Å². The van der Waals surface area contributed by atoms with Gasteiger partial charge in [0.2, 0.25) is 0 Å². The molecule has 1 aromatic carbocycles. The van der Waals surface area contributed by atoms with Crippen LogP contribution in [0.4, 0.5) is 4.39 Å². The molecule has 1 heteroatoms. The van der Waals surface area contributed by atoms with Crippen LogP contribution in [-0.4, -0.2) is 0 Å². The number of benzene rings is 1. The minimum Gasteiger partial charge on any atom is -0.206 e. The highest BCUT2D eigenvalue weighted by molar-refractivity contribution is 5.69. The molecule has 0 spiro atoms. The molecule has 0 N–H and O–H groups in total. The van der Waals surface area contributed by atoms with Crippen LogP contribution in [0, 0.1) is 5.82 Å². The summed E-state index contributed by atoms with van der Waals surface area (Å²) in [6.07, 6.45) is 5.72. The molecule has 0 saturated carbocycles. The molecule has 1 aliphatic carbocycles. The molecule has 0 aromatic heterocycles. The van der Waals surface area contributed by atoms with Crippen molar-refractivity contribution in [2.75, 3.05) is 0 Å². The molecule has 0 fully saturated rings. The maximum absolute atomic E-state index is 13.6. The van der Waals surface area contributed by atoms with Gasteiger partial charge in [-0.05, 0) is 43.7 Å². The molecule has 0 radical (unpaired) electrons. The van der Waals surface area contributed by atoms with Crippen LogP contribution in [0.2, 0.25) is 0 Å². The minimum absolute atomic E-state index is 0.0691. The molecule has 0 saturated heterocycles. The van der Waals surface area contributed by atoms with Crippen LogP contribution in [0.15, 0.2) is 29.8 Å². The van der Waals surface area contributed by atoms with Gasteiger partial charge in [0, 0.05) is 5.56 Å². The molecule has 15 heavy (non-hydrogen) atoms. The third kappa shape index (κ3) is 2.11. The highest BCUT2D eigenvalue weighted by Crippen LogP contribution is 2.34. The fraction of sp³-hybridized carbons (Fsp3) is 0.429. The van der Waals surface area contributed by atoms with Crippen LogP contribution >= 0.6 is 0 Å². The minimum atomic E-state index is -0.0691. The van der Waals surface area contributed by atoms with E-state index in [4.69, 9.17) is 0 Å². The van der Waals surface area contributed by atoms with Gasteiger partial charge in [-0.25, -0.2) is 4.39 Å². The van der Waals surface area contributed by atoms with Gasteiger partial charge >= 0.3 is 0 Å². The van der Waals surface area contributed by atoms with Crippen molar-refractivity contribution in [2.45, 2.75) is 39.0 Å². The third-order valence-corrected chi connectivity index (χ3v) is 3.21. The second-order valence-corrected chi connectivity index (χ2v) is 4.12. The topological polar surface area (TPSA) is 0 Å². The predicted molar refractivity (Wildman–Crippen MR) is 62.1 cm³/mol. The number of hydrogen-bond acceptors (Lipinski definition) is 0. The Bertz CT molecular complexity index is 377. The van der Waals surface area contributed by atoms with Gasteiger partial charge < -0.3 is 0 Å². The van der Waals surface area contributed by atoms with Gasteiger partial charge in [0.1, 0.15) is 5.82 Å². The van der Waals surface area contributed by atoms with Crippen molar-refractivity contribution < 1.29 is 4.39 Å². The summed E-state index contributed by atoms with van der Waals surface area (Å²) in [4.78, 5) is 0. The van der Waals surface area contributed by atoms with E-state index in [1.807, 2.05) is 12.1 Å². The van der Waals surface area contributed by atoms with Gasteiger partial charge in [-0.3, -0.25) is 0 Å². The largest absolute Gasteiger partial charge is 0.206 e. The molecule has 0 amide bonds. The van der Waals surface area contributed by atoms with Crippen molar-refractivity contribution in [3.05, 3.63) is 41.2 Å². The Morgan fingerprint density at radius 1 is 1.13 bits per heavy atom. The molecule has 0 atom stereocenters. The molecule has 80 valence electrons. The summed E-state index contributed by atoms with van der Waals surface area (Å²) in [6.45, 7) is 2.17. The van der Waals surface area contributed by atoms with E-state index in [1.165, 1.54) is 24.0 Å². The number of halogens is 1. The van der Waals surface area contributed by atoms with Crippen molar-refractivity contribution in [1.29, 1.82) is 0 Å². The lowest BCUT2D eigenvalue weighted by atomic mass is 9.86. The molecule has 0 unspecified atom stereocenters. The lowest BCUT2D eigenvalue weighted by Crippen LogP contribution is -2.00. The molecule has 0 bridgehead atoms. The van der Waals surface area contributed by atoms with Crippen molar-refractivity contribution in [1.82, 2.24) is 0 Å². The van der Waals surface area contributed by atoms with E-state index >= 15 is 0 Å². The molecule has 2 rings (SSSR count). The standard InChI is InChI=1S/C14H17F/c1-2-11-7-3-4-8-12(11)13-9-5-6-10-14(13)15/h5-6,9-10H,2-4,7-8H2,1H3. The average molecular weight is 204 g/mol. The van der Waals surface area contributed by atoms with Crippen molar-refractivity contribution >= 4 is 5.57 Å². The Morgan fingerprint density at radius 2 is 1.87 bits per heavy atom. The van der Waals surface area contributed by atoms with Crippen molar-refractivity contribution in [3.63, 3.8) is 0 Å². The maximum Gasteiger partial charge on any atom is 0.130 e.